The second-order valence-electron chi connectivity index (χ2n) is 7.31. The summed E-state index contributed by atoms with van der Waals surface area (Å²) < 4.78 is 7.36. The Kier molecular flexibility index (Phi) is 9.18. The van der Waals surface area contributed by atoms with Crippen molar-refractivity contribution >= 4 is 61.8 Å². The first-order chi connectivity index (χ1) is 15.9. The number of carbonyl (C=O) groups excluding carboxylic acids is 1. The minimum absolute atomic E-state index is 0.183. The average molecular weight is 547 g/mol. The van der Waals surface area contributed by atoms with Crippen LogP contribution in [-0.4, -0.2) is 29.6 Å². The zero-order valence-corrected chi connectivity index (χ0v) is 22.4. The predicted octanol–water partition coefficient (Wildman–Crippen LogP) is 7.78. The summed E-state index contributed by atoms with van der Waals surface area (Å²) in [6.07, 6.45) is 0. The van der Waals surface area contributed by atoms with Crippen molar-refractivity contribution in [2.45, 2.75) is 26.7 Å². The molecule has 0 aromatic heterocycles. The number of methoxy groups -OCH3 is 1. The molecule has 0 aliphatic heterocycles. The van der Waals surface area contributed by atoms with Gasteiger partial charge in [0.25, 0.3) is 5.91 Å². The third kappa shape index (κ3) is 5.89. The fraction of sp³-hybridized carbons (Fsp3) is 0.269. The van der Waals surface area contributed by atoms with Gasteiger partial charge in [-0.25, -0.2) is 0 Å². The molecule has 174 valence electrons. The molecule has 3 aromatic carbocycles. The van der Waals surface area contributed by atoms with E-state index in [1.165, 1.54) is 0 Å². The molecule has 0 aliphatic carbocycles. The van der Waals surface area contributed by atoms with Crippen molar-refractivity contribution in [2.75, 3.05) is 23.9 Å². The van der Waals surface area contributed by atoms with Gasteiger partial charge in [0.2, 0.25) is 0 Å². The lowest BCUT2D eigenvalue weighted by Crippen LogP contribution is -2.20. The molecule has 0 radical (unpaired) electrons. The standard InChI is InChI=1S/C26H28BrNO3S2/c1-5-32-26(33-6-2)24(25(30)28-20-9-7-8-10-22(20)31-4)16(3)23-19-13-12-18(27)15-17(19)11-14-21(23)29/h7-16,29H,5-6H2,1-4H3,(H,28,30). The van der Waals surface area contributed by atoms with Crippen LogP contribution in [0.4, 0.5) is 5.69 Å². The van der Waals surface area contributed by atoms with Crippen molar-refractivity contribution in [1.82, 2.24) is 0 Å². The van der Waals surface area contributed by atoms with Crippen molar-refractivity contribution in [3.8, 4) is 11.5 Å². The summed E-state index contributed by atoms with van der Waals surface area (Å²) in [6.45, 7) is 6.14. The zero-order valence-electron chi connectivity index (χ0n) is 19.1. The van der Waals surface area contributed by atoms with E-state index in [0.717, 1.165) is 36.6 Å². The number of aromatic hydroxyl groups is 1. The van der Waals surface area contributed by atoms with Crippen LogP contribution in [0.5, 0.6) is 11.5 Å². The fourth-order valence-corrected chi connectivity index (χ4v) is 6.57. The van der Waals surface area contributed by atoms with Gasteiger partial charge in [-0.15, -0.1) is 23.5 Å². The quantitative estimate of drug-likeness (QED) is 0.269. The van der Waals surface area contributed by atoms with Crippen molar-refractivity contribution in [1.29, 1.82) is 0 Å². The number of carbonyl (C=O) groups is 1. The molecule has 0 saturated heterocycles. The van der Waals surface area contributed by atoms with Crippen LogP contribution in [0.25, 0.3) is 10.8 Å². The van der Waals surface area contributed by atoms with E-state index in [9.17, 15) is 9.90 Å². The molecule has 3 aromatic rings. The van der Waals surface area contributed by atoms with Crippen molar-refractivity contribution in [3.05, 3.63) is 74.4 Å². The number of para-hydroxylation sites is 2. The van der Waals surface area contributed by atoms with Crippen LogP contribution >= 0.6 is 39.5 Å². The monoisotopic (exact) mass is 545 g/mol. The number of fused-ring (bicyclic) bond motifs is 1. The van der Waals surface area contributed by atoms with Gasteiger partial charge in [-0.05, 0) is 52.6 Å². The highest BCUT2D eigenvalue weighted by Gasteiger charge is 2.27. The smallest absolute Gasteiger partial charge is 0.253 e. The molecule has 0 heterocycles. The summed E-state index contributed by atoms with van der Waals surface area (Å²) in [4.78, 5) is 13.7. The highest BCUT2D eigenvalue weighted by atomic mass is 79.9. The van der Waals surface area contributed by atoms with Crippen LogP contribution in [0, 0.1) is 0 Å². The lowest BCUT2D eigenvalue weighted by molar-refractivity contribution is -0.113. The van der Waals surface area contributed by atoms with Gasteiger partial charge in [0.15, 0.2) is 0 Å². The first kappa shape index (κ1) is 25.5. The van der Waals surface area contributed by atoms with Gasteiger partial charge in [-0.1, -0.05) is 61.0 Å². The van der Waals surface area contributed by atoms with Crippen LogP contribution in [-0.2, 0) is 4.79 Å². The lowest BCUT2D eigenvalue weighted by atomic mass is 9.88. The summed E-state index contributed by atoms with van der Waals surface area (Å²) in [5, 5.41) is 15.9. The van der Waals surface area contributed by atoms with Gasteiger partial charge in [-0.2, -0.15) is 0 Å². The first-order valence-corrected chi connectivity index (χ1v) is 13.5. The number of phenols is 1. The molecule has 2 N–H and O–H groups in total. The second kappa shape index (κ2) is 11.9. The summed E-state index contributed by atoms with van der Waals surface area (Å²) >= 11 is 6.84. The zero-order chi connectivity index (χ0) is 24.0. The molecule has 0 saturated carbocycles. The molecule has 0 bridgehead atoms. The van der Waals surface area contributed by atoms with Gasteiger partial charge < -0.3 is 15.2 Å². The molecule has 7 heteroatoms. The summed E-state index contributed by atoms with van der Waals surface area (Å²) in [6, 6.07) is 16.9. The maximum atomic E-state index is 13.7. The Morgan fingerprint density at radius 1 is 1.09 bits per heavy atom. The normalized spacial score (nSPS) is 11.8. The summed E-state index contributed by atoms with van der Waals surface area (Å²) in [5.74, 6) is 1.94. The van der Waals surface area contributed by atoms with Crippen molar-refractivity contribution < 1.29 is 14.6 Å². The molecule has 1 amide bonds. The van der Waals surface area contributed by atoms with Gasteiger partial charge in [0.1, 0.15) is 11.5 Å². The largest absolute Gasteiger partial charge is 0.508 e. The Bertz CT molecular complexity index is 1170. The number of benzene rings is 3. The maximum absolute atomic E-state index is 13.7. The van der Waals surface area contributed by atoms with E-state index in [4.69, 9.17) is 4.74 Å². The Balaban J connectivity index is 2.16. The van der Waals surface area contributed by atoms with E-state index in [1.54, 1.807) is 36.7 Å². The number of rotatable bonds is 9. The van der Waals surface area contributed by atoms with Crippen molar-refractivity contribution in [3.63, 3.8) is 0 Å². The third-order valence-electron chi connectivity index (χ3n) is 5.24. The molecule has 1 unspecified atom stereocenters. The molecule has 0 fully saturated rings. The number of nitrogens with one attached hydrogen (secondary N) is 1. The highest BCUT2D eigenvalue weighted by molar-refractivity contribution is 9.10. The van der Waals surface area contributed by atoms with Gasteiger partial charge in [0, 0.05) is 25.8 Å². The van der Waals surface area contributed by atoms with E-state index < -0.39 is 0 Å². The number of ether oxygens (including phenoxy) is 1. The van der Waals surface area contributed by atoms with Gasteiger partial charge >= 0.3 is 0 Å². The number of hydrogen-bond donors (Lipinski definition) is 2. The number of thioether (sulfide) groups is 2. The molecule has 3 rings (SSSR count). The average Bonchev–Trinajstić information content (AvgIpc) is 2.80. The molecule has 33 heavy (non-hydrogen) atoms. The number of halogens is 1. The van der Waals surface area contributed by atoms with E-state index in [1.807, 2.05) is 55.5 Å². The van der Waals surface area contributed by atoms with Crippen LogP contribution in [0.2, 0.25) is 0 Å². The topological polar surface area (TPSA) is 58.6 Å². The van der Waals surface area contributed by atoms with E-state index in [0.29, 0.717) is 17.0 Å². The minimum Gasteiger partial charge on any atom is -0.508 e. The second-order valence-corrected chi connectivity index (χ2v) is 11.0. The maximum Gasteiger partial charge on any atom is 0.253 e. The van der Waals surface area contributed by atoms with E-state index >= 15 is 0 Å². The van der Waals surface area contributed by atoms with Crippen LogP contribution < -0.4 is 10.1 Å². The lowest BCUT2D eigenvalue weighted by Gasteiger charge is -2.23. The molecular formula is C26H28BrNO3S2. The summed E-state index contributed by atoms with van der Waals surface area (Å²) in [5.41, 5.74) is 2.00. The highest BCUT2D eigenvalue weighted by Crippen LogP contribution is 2.43. The molecular weight excluding hydrogens is 518 g/mol. The van der Waals surface area contributed by atoms with Gasteiger partial charge in [-0.3, -0.25) is 4.79 Å². The third-order valence-corrected chi connectivity index (χ3v) is 7.98. The summed E-state index contributed by atoms with van der Waals surface area (Å²) in [7, 11) is 1.59. The Morgan fingerprint density at radius 2 is 1.79 bits per heavy atom. The number of phenolic OH excluding ortho intramolecular Hbond substituents is 1. The van der Waals surface area contributed by atoms with Crippen LogP contribution in [0.3, 0.4) is 0 Å². The van der Waals surface area contributed by atoms with E-state index in [2.05, 4.69) is 35.1 Å². The fourth-order valence-electron chi connectivity index (χ4n) is 3.78. The molecule has 0 aliphatic rings. The Hall–Kier alpha value is -2.09. The van der Waals surface area contributed by atoms with Gasteiger partial charge in [0.05, 0.1) is 12.8 Å². The van der Waals surface area contributed by atoms with Crippen LogP contribution in [0.1, 0.15) is 32.3 Å². The molecule has 0 spiro atoms. The molecule has 4 nitrogen and oxygen atoms in total. The first-order valence-electron chi connectivity index (χ1n) is 10.8. The van der Waals surface area contributed by atoms with Crippen molar-refractivity contribution in [2.24, 2.45) is 0 Å². The SMILES string of the molecule is CCSC(SCC)=C(C(=O)Nc1ccccc1OC)C(C)c1c(O)ccc2cc(Br)ccc12. The number of hydrogen-bond acceptors (Lipinski definition) is 5. The Morgan fingerprint density at radius 3 is 2.45 bits per heavy atom. The predicted molar refractivity (Wildman–Crippen MR) is 147 cm³/mol. The van der Waals surface area contributed by atoms with E-state index in [-0.39, 0.29) is 17.6 Å². The molecule has 1 atom stereocenters. The number of amides is 1. The number of anilines is 1. The Labute approximate surface area is 212 Å². The van der Waals surface area contributed by atoms with Crippen LogP contribution in [0.15, 0.2) is 68.9 Å². The minimum atomic E-state index is -0.335.